The Morgan fingerprint density at radius 2 is 1.86 bits per heavy atom. The number of carbonyl (C=O) groups is 1. The summed E-state index contributed by atoms with van der Waals surface area (Å²) in [6, 6.07) is 13.9. The Hall–Kier alpha value is -2.18. The maximum atomic E-state index is 13.1. The minimum Gasteiger partial charge on any atom is -0.349 e. The predicted octanol–water partition coefficient (Wildman–Crippen LogP) is 5.49. The third-order valence-electron chi connectivity index (χ3n) is 4.46. The SMILES string of the molecule is Cc1nn(-c2ccc(F)cc2)c(Cl)c1C(=O)NC(C)CCc1ccc(Br)cc1. The number of rotatable bonds is 6. The first-order valence-electron chi connectivity index (χ1n) is 8.91. The van der Waals surface area contributed by atoms with E-state index in [1.807, 2.05) is 19.1 Å². The average molecular weight is 465 g/mol. The molecule has 4 nitrogen and oxygen atoms in total. The lowest BCUT2D eigenvalue weighted by atomic mass is 10.1. The molecule has 1 amide bonds. The lowest BCUT2D eigenvalue weighted by Gasteiger charge is -2.14. The molecule has 1 atom stereocenters. The second-order valence-electron chi connectivity index (χ2n) is 6.68. The summed E-state index contributed by atoms with van der Waals surface area (Å²) in [5.41, 5.74) is 2.66. The minimum atomic E-state index is -0.346. The molecule has 1 unspecified atom stereocenters. The first-order chi connectivity index (χ1) is 13.3. The van der Waals surface area contributed by atoms with E-state index in [4.69, 9.17) is 11.6 Å². The van der Waals surface area contributed by atoms with Gasteiger partial charge in [0.1, 0.15) is 11.0 Å². The van der Waals surface area contributed by atoms with Gasteiger partial charge in [-0.2, -0.15) is 5.10 Å². The van der Waals surface area contributed by atoms with Crippen molar-refractivity contribution in [1.29, 1.82) is 0 Å². The molecular weight excluding hydrogens is 445 g/mol. The average Bonchev–Trinajstić information content (AvgIpc) is 2.96. The molecule has 2 aromatic carbocycles. The second-order valence-corrected chi connectivity index (χ2v) is 7.95. The van der Waals surface area contributed by atoms with Gasteiger partial charge < -0.3 is 5.32 Å². The van der Waals surface area contributed by atoms with Gasteiger partial charge in [0.15, 0.2) is 0 Å². The Morgan fingerprint density at radius 1 is 1.21 bits per heavy atom. The number of aryl methyl sites for hydroxylation is 2. The maximum Gasteiger partial charge on any atom is 0.256 e. The number of hydrogen-bond donors (Lipinski definition) is 1. The molecule has 0 aliphatic heterocycles. The van der Waals surface area contributed by atoms with E-state index in [0.29, 0.717) is 16.9 Å². The molecule has 7 heteroatoms. The fourth-order valence-electron chi connectivity index (χ4n) is 2.91. The van der Waals surface area contributed by atoms with Crippen molar-refractivity contribution < 1.29 is 9.18 Å². The summed E-state index contributed by atoms with van der Waals surface area (Å²) in [5, 5.41) is 7.53. The number of nitrogens with one attached hydrogen (secondary N) is 1. The molecule has 0 bridgehead atoms. The summed E-state index contributed by atoms with van der Waals surface area (Å²) in [4.78, 5) is 12.7. The first kappa shape index (κ1) is 20.6. The van der Waals surface area contributed by atoms with Crippen molar-refractivity contribution in [2.24, 2.45) is 0 Å². The van der Waals surface area contributed by atoms with Crippen LogP contribution in [-0.4, -0.2) is 21.7 Å². The summed E-state index contributed by atoms with van der Waals surface area (Å²) in [6.45, 7) is 3.69. The third kappa shape index (κ3) is 4.80. The molecule has 0 fully saturated rings. The van der Waals surface area contributed by atoms with Gasteiger partial charge in [0.25, 0.3) is 5.91 Å². The van der Waals surface area contributed by atoms with Crippen LogP contribution < -0.4 is 5.32 Å². The molecule has 146 valence electrons. The van der Waals surface area contributed by atoms with Crippen molar-refractivity contribution in [3.8, 4) is 5.69 Å². The molecule has 0 radical (unpaired) electrons. The number of carbonyl (C=O) groups excluding carboxylic acids is 1. The van der Waals surface area contributed by atoms with Crippen molar-refractivity contribution in [3.05, 3.63) is 80.8 Å². The molecule has 3 rings (SSSR count). The van der Waals surface area contributed by atoms with E-state index in [9.17, 15) is 9.18 Å². The van der Waals surface area contributed by atoms with Gasteiger partial charge >= 0.3 is 0 Å². The monoisotopic (exact) mass is 463 g/mol. The van der Waals surface area contributed by atoms with Gasteiger partial charge in [0.2, 0.25) is 0 Å². The van der Waals surface area contributed by atoms with E-state index in [1.165, 1.54) is 22.4 Å². The number of benzene rings is 2. The maximum absolute atomic E-state index is 13.1. The summed E-state index contributed by atoms with van der Waals surface area (Å²) in [7, 11) is 0. The van der Waals surface area contributed by atoms with Crippen molar-refractivity contribution in [1.82, 2.24) is 15.1 Å². The van der Waals surface area contributed by atoms with Gasteiger partial charge in [-0.25, -0.2) is 9.07 Å². The standard InChI is InChI=1S/C21H20BrClFN3O/c1-13(3-4-15-5-7-16(22)8-6-15)25-21(28)19-14(2)26-27(20(19)23)18-11-9-17(24)10-12-18/h5-13H,3-4H2,1-2H3,(H,25,28). The van der Waals surface area contributed by atoms with Gasteiger partial charge in [0.05, 0.1) is 16.9 Å². The van der Waals surface area contributed by atoms with Crippen LogP contribution in [0.2, 0.25) is 5.15 Å². The molecule has 0 aliphatic carbocycles. The largest absolute Gasteiger partial charge is 0.349 e. The van der Waals surface area contributed by atoms with Crippen molar-refractivity contribution in [2.75, 3.05) is 0 Å². The van der Waals surface area contributed by atoms with Gasteiger partial charge in [-0.15, -0.1) is 0 Å². The highest BCUT2D eigenvalue weighted by Gasteiger charge is 2.22. The van der Waals surface area contributed by atoms with E-state index in [1.54, 1.807) is 19.1 Å². The Morgan fingerprint density at radius 3 is 2.50 bits per heavy atom. The number of amides is 1. The van der Waals surface area contributed by atoms with Gasteiger partial charge in [-0.1, -0.05) is 39.7 Å². The molecule has 1 heterocycles. The van der Waals surface area contributed by atoms with E-state index < -0.39 is 0 Å². The Balaban J connectivity index is 1.68. The van der Waals surface area contributed by atoms with Crippen LogP contribution >= 0.6 is 27.5 Å². The van der Waals surface area contributed by atoms with Gasteiger partial charge in [-0.05, 0) is 68.7 Å². The summed E-state index contributed by atoms with van der Waals surface area (Å²) >= 11 is 9.84. The molecular formula is C21H20BrClFN3O. The quantitative estimate of drug-likeness (QED) is 0.524. The van der Waals surface area contributed by atoms with Crippen molar-refractivity contribution >= 4 is 33.4 Å². The molecule has 1 N–H and O–H groups in total. The lowest BCUT2D eigenvalue weighted by Crippen LogP contribution is -2.33. The third-order valence-corrected chi connectivity index (χ3v) is 5.34. The zero-order valence-electron chi connectivity index (χ0n) is 15.5. The summed E-state index contributed by atoms with van der Waals surface area (Å²) in [5.74, 6) is -0.611. The normalized spacial score (nSPS) is 12.0. The zero-order valence-corrected chi connectivity index (χ0v) is 17.9. The topological polar surface area (TPSA) is 46.9 Å². The molecule has 0 saturated carbocycles. The minimum absolute atomic E-state index is 0.0271. The Kier molecular flexibility index (Phi) is 6.52. The van der Waals surface area contributed by atoms with Crippen LogP contribution in [0.25, 0.3) is 5.69 Å². The molecule has 0 spiro atoms. The highest BCUT2D eigenvalue weighted by Crippen LogP contribution is 2.24. The molecule has 3 aromatic rings. The number of aromatic nitrogens is 2. The molecule has 1 aromatic heterocycles. The fourth-order valence-corrected chi connectivity index (χ4v) is 3.54. The van der Waals surface area contributed by atoms with Crippen LogP contribution in [0.5, 0.6) is 0 Å². The fraction of sp³-hybridized carbons (Fsp3) is 0.238. The van der Waals surface area contributed by atoms with E-state index in [2.05, 4.69) is 38.5 Å². The first-order valence-corrected chi connectivity index (χ1v) is 10.1. The lowest BCUT2D eigenvalue weighted by molar-refractivity contribution is 0.0938. The van der Waals surface area contributed by atoms with E-state index in [-0.39, 0.29) is 22.9 Å². The van der Waals surface area contributed by atoms with E-state index >= 15 is 0 Å². The van der Waals surface area contributed by atoms with Crippen LogP contribution in [0, 0.1) is 12.7 Å². The predicted molar refractivity (Wildman–Crippen MR) is 113 cm³/mol. The highest BCUT2D eigenvalue weighted by atomic mass is 79.9. The van der Waals surface area contributed by atoms with E-state index in [0.717, 1.165) is 17.3 Å². The molecule has 0 saturated heterocycles. The van der Waals surface area contributed by atoms with Crippen molar-refractivity contribution in [3.63, 3.8) is 0 Å². The molecule has 0 aliphatic rings. The number of halogens is 3. The van der Waals surface area contributed by atoms with Gasteiger partial charge in [-0.3, -0.25) is 4.79 Å². The van der Waals surface area contributed by atoms with Crippen LogP contribution in [0.3, 0.4) is 0 Å². The van der Waals surface area contributed by atoms with Crippen LogP contribution in [0.1, 0.15) is 35.0 Å². The Labute approximate surface area is 176 Å². The van der Waals surface area contributed by atoms with Crippen LogP contribution in [0.15, 0.2) is 53.0 Å². The Bertz CT molecular complexity index is 971. The molecule has 28 heavy (non-hydrogen) atoms. The van der Waals surface area contributed by atoms with Crippen molar-refractivity contribution in [2.45, 2.75) is 32.7 Å². The smallest absolute Gasteiger partial charge is 0.256 e. The zero-order chi connectivity index (χ0) is 20.3. The van der Waals surface area contributed by atoms with Crippen LogP contribution in [-0.2, 0) is 6.42 Å². The van der Waals surface area contributed by atoms with Gasteiger partial charge in [0, 0.05) is 10.5 Å². The summed E-state index contributed by atoms with van der Waals surface area (Å²) < 4.78 is 15.6. The second kappa shape index (κ2) is 8.88. The highest BCUT2D eigenvalue weighted by molar-refractivity contribution is 9.10. The number of hydrogen-bond acceptors (Lipinski definition) is 2. The number of nitrogens with zero attached hydrogens (tertiary/aromatic N) is 2. The van der Waals surface area contributed by atoms with Crippen LogP contribution in [0.4, 0.5) is 4.39 Å². The summed E-state index contributed by atoms with van der Waals surface area (Å²) in [6.07, 6.45) is 1.66.